The number of nitrogens with one attached hydrogen (secondary N) is 2. The maximum Gasteiger partial charge on any atom is 0.319 e. The Kier molecular flexibility index (Phi) is 7.58. The van der Waals surface area contributed by atoms with Crippen LogP contribution in [0.3, 0.4) is 0 Å². The maximum absolute atomic E-state index is 13.1. The molecule has 2 amide bonds. The predicted molar refractivity (Wildman–Crippen MR) is 119 cm³/mol. The monoisotopic (exact) mass is 470 g/mol. The topological polar surface area (TPSA) is 91.0 Å². The standard InChI is InChI=1S/C20H24ClFN4O4S/c1-30-19-7-2-15(21)14-18(19)24-20(27)23-8-13-31(28,29)26-11-9-25(10-12-26)17-5-3-16(22)4-6-17/h2-7,14H,8-13H2,1H3,(H2,23,24,27). The molecule has 0 bridgehead atoms. The van der Waals surface area contributed by atoms with Gasteiger partial charge in [-0.25, -0.2) is 17.6 Å². The Hall–Kier alpha value is -2.56. The van der Waals surface area contributed by atoms with Crippen LogP contribution >= 0.6 is 11.6 Å². The Morgan fingerprint density at radius 3 is 2.45 bits per heavy atom. The summed E-state index contributed by atoms with van der Waals surface area (Å²) in [5.74, 6) is -0.0922. The van der Waals surface area contributed by atoms with Crippen molar-refractivity contribution in [2.75, 3.05) is 55.8 Å². The highest BCUT2D eigenvalue weighted by Gasteiger charge is 2.27. The van der Waals surface area contributed by atoms with Crippen LogP contribution in [0.2, 0.25) is 5.02 Å². The fraction of sp³-hybridized carbons (Fsp3) is 0.350. The van der Waals surface area contributed by atoms with Gasteiger partial charge in [-0.3, -0.25) is 0 Å². The van der Waals surface area contributed by atoms with E-state index in [0.29, 0.717) is 42.6 Å². The lowest BCUT2D eigenvalue weighted by atomic mass is 10.2. The van der Waals surface area contributed by atoms with Gasteiger partial charge in [0.05, 0.1) is 18.6 Å². The number of anilines is 2. The number of carbonyl (C=O) groups is 1. The molecule has 2 N–H and O–H groups in total. The minimum absolute atomic E-state index is 0.0464. The van der Waals surface area contributed by atoms with Gasteiger partial charge in [-0.1, -0.05) is 11.6 Å². The summed E-state index contributed by atoms with van der Waals surface area (Å²) in [6.07, 6.45) is 0. The molecule has 1 fully saturated rings. The van der Waals surface area contributed by atoms with Gasteiger partial charge >= 0.3 is 6.03 Å². The number of urea groups is 1. The number of sulfonamides is 1. The van der Waals surface area contributed by atoms with Crippen LogP contribution in [0, 0.1) is 5.82 Å². The van der Waals surface area contributed by atoms with Crippen LogP contribution in [0.25, 0.3) is 0 Å². The van der Waals surface area contributed by atoms with Crippen molar-refractivity contribution in [2.24, 2.45) is 0 Å². The molecule has 1 heterocycles. The van der Waals surface area contributed by atoms with Gasteiger partial charge in [-0.15, -0.1) is 0 Å². The molecule has 1 saturated heterocycles. The second-order valence-corrected chi connectivity index (χ2v) is 9.43. The number of hydrogen-bond donors (Lipinski definition) is 2. The maximum atomic E-state index is 13.1. The van der Waals surface area contributed by atoms with E-state index >= 15 is 0 Å². The third-order valence-corrected chi connectivity index (χ3v) is 6.99. The Balaban J connectivity index is 1.46. The van der Waals surface area contributed by atoms with Gasteiger partial charge in [0.15, 0.2) is 0 Å². The van der Waals surface area contributed by atoms with Crippen LogP contribution in [0.4, 0.5) is 20.6 Å². The summed E-state index contributed by atoms with van der Waals surface area (Å²) in [5, 5.41) is 5.56. The Bertz CT molecular complexity index is 1010. The number of benzene rings is 2. The fourth-order valence-electron chi connectivity index (χ4n) is 3.24. The summed E-state index contributed by atoms with van der Waals surface area (Å²) in [7, 11) is -2.06. The number of halogens is 2. The third kappa shape index (κ3) is 6.22. The van der Waals surface area contributed by atoms with Crippen LogP contribution in [-0.2, 0) is 10.0 Å². The van der Waals surface area contributed by atoms with Gasteiger partial charge in [0.2, 0.25) is 10.0 Å². The van der Waals surface area contributed by atoms with Crippen LogP contribution in [0.1, 0.15) is 0 Å². The number of ether oxygens (including phenoxy) is 1. The smallest absolute Gasteiger partial charge is 0.319 e. The highest BCUT2D eigenvalue weighted by molar-refractivity contribution is 7.89. The molecule has 2 aromatic rings. The molecule has 168 valence electrons. The van der Waals surface area contributed by atoms with E-state index in [0.717, 1.165) is 5.69 Å². The zero-order valence-electron chi connectivity index (χ0n) is 17.0. The van der Waals surface area contributed by atoms with Crippen molar-refractivity contribution in [3.05, 3.63) is 53.3 Å². The second kappa shape index (κ2) is 10.2. The molecule has 0 radical (unpaired) electrons. The van der Waals surface area contributed by atoms with Gasteiger partial charge in [0.1, 0.15) is 11.6 Å². The predicted octanol–water partition coefficient (Wildman–Crippen LogP) is 2.76. The van der Waals surface area contributed by atoms with E-state index in [1.165, 1.54) is 29.6 Å². The summed E-state index contributed by atoms with van der Waals surface area (Å²) in [6.45, 7) is 1.62. The Labute approximate surface area is 186 Å². The summed E-state index contributed by atoms with van der Waals surface area (Å²) >= 11 is 5.93. The number of rotatable bonds is 7. The van der Waals surface area contributed by atoms with Crippen molar-refractivity contribution in [1.29, 1.82) is 0 Å². The highest BCUT2D eigenvalue weighted by Crippen LogP contribution is 2.27. The average Bonchev–Trinajstić information content (AvgIpc) is 2.74. The number of piperazine rings is 1. The number of hydrogen-bond acceptors (Lipinski definition) is 5. The molecule has 0 aromatic heterocycles. The van der Waals surface area contributed by atoms with E-state index in [4.69, 9.17) is 16.3 Å². The molecular weight excluding hydrogens is 447 g/mol. The summed E-state index contributed by atoms with van der Waals surface area (Å²) in [6, 6.07) is 10.4. The molecule has 2 aromatic carbocycles. The normalized spacial score (nSPS) is 14.9. The van der Waals surface area contributed by atoms with E-state index in [-0.39, 0.29) is 18.1 Å². The van der Waals surface area contributed by atoms with Crippen molar-refractivity contribution in [1.82, 2.24) is 9.62 Å². The highest BCUT2D eigenvalue weighted by atomic mass is 35.5. The minimum Gasteiger partial charge on any atom is -0.495 e. The number of amides is 2. The zero-order valence-corrected chi connectivity index (χ0v) is 18.5. The molecule has 0 atom stereocenters. The van der Waals surface area contributed by atoms with Gasteiger partial charge in [0, 0.05) is 43.4 Å². The zero-order chi connectivity index (χ0) is 22.4. The summed E-state index contributed by atoms with van der Waals surface area (Å²) < 4.78 is 44.9. The quantitative estimate of drug-likeness (QED) is 0.649. The summed E-state index contributed by atoms with van der Waals surface area (Å²) in [5.41, 5.74) is 1.24. The molecule has 0 aliphatic carbocycles. The van der Waals surface area contributed by atoms with Gasteiger partial charge in [-0.05, 0) is 42.5 Å². The van der Waals surface area contributed by atoms with Crippen LogP contribution in [-0.4, -0.2) is 64.3 Å². The first kappa shape index (κ1) is 23.1. The lowest BCUT2D eigenvalue weighted by Gasteiger charge is -2.35. The first-order valence-corrected chi connectivity index (χ1v) is 11.6. The van der Waals surface area contributed by atoms with Crippen molar-refractivity contribution in [2.45, 2.75) is 0 Å². The largest absolute Gasteiger partial charge is 0.495 e. The van der Waals surface area contributed by atoms with Gasteiger partial charge < -0.3 is 20.3 Å². The van der Waals surface area contributed by atoms with Crippen LogP contribution in [0.5, 0.6) is 5.75 Å². The number of nitrogens with zero attached hydrogens (tertiary/aromatic N) is 2. The average molecular weight is 471 g/mol. The van der Waals surface area contributed by atoms with Crippen molar-refractivity contribution in [3.63, 3.8) is 0 Å². The molecule has 0 unspecified atom stereocenters. The lowest BCUT2D eigenvalue weighted by molar-refractivity contribution is 0.252. The molecule has 8 nitrogen and oxygen atoms in total. The van der Waals surface area contributed by atoms with Gasteiger partial charge in [-0.2, -0.15) is 4.31 Å². The molecule has 31 heavy (non-hydrogen) atoms. The molecule has 0 spiro atoms. The molecule has 0 saturated carbocycles. The van der Waals surface area contributed by atoms with Crippen LogP contribution in [0.15, 0.2) is 42.5 Å². The lowest BCUT2D eigenvalue weighted by Crippen LogP contribution is -2.50. The Morgan fingerprint density at radius 2 is 1.81 bits per heavy atom. The molecule has 1 aliphatic heterocycles. The third-order valence-electron chi connectivity index (χ3n) is 4.88. The van der Waals surface area contributed by atoms with Crippen molar-refractivity contribution < 1.29 is 22.3 Å². The van der Waals surface area contributed by atoms with Crippen LogP contribution < -0.4 is 20.3 Å². The first-order valence-electron chi connectivity index (χ1n) is 9.65. The molecular formula is C20H24ClFN4O4S. The Morgan fingerprint density at radius 1 is 1.13 bits per heavy atom. The second-order valence-electron chi connectivity index (χ2n) is 6.90. The molecule has 3 rings (SSSR count). The van der Waals surface area contributed by atoms with Gasteiger partial charge in [0.25, 0.3) is 0 Å². The van der Waals surface area contributed by atoms with Crippen molar-refractivity contribution >= 4 is 39.0 Å². The van der Waals surface area contributed by atoms with E-state index in [9.17, 15) is 17.6 Å². The number of methoxy groups -OCH3 is 1. The summed E-state index contributed by atoms with van der Waals surface area (Å²) in [4.78, 5) is 14.1. The van der Waals surface area contributed by atoms with E-state index in [1.807, 2.05) is 4.90 Å². The first-order chi connectivity index (χ1) is 14.8. The number of carbonyl (C=O) groups excluding carboxylic acids is 1. The minimum atomic E-state index is -3.53. The van der Waals surface area contributed by atoms with E-state index < -0.39 is 16.1 Å². The molecule has 1 aliphatic rings. The van der Waals surface area contributed by atoms with E-state index in [2.05, 4.69) is 10.6 Å². The SMILES string of the molecule is COc1ccc(Cl)cc1NC(=O)NCCS(=O)(=O)N1CCN(c2ccc(F)cc2)CC1. The van der Waals surface area contributed by atoms with E-state index in [1.54, 1.807) is 24.3 Å². The molecule has 11 heteroatoms. The fourth-order valence-corrected chi connectivity index (χ4v) is 4.75. The van der Waals surface area contributed by atoms with Crippen molar-refractivity contribution in [3.8, 4) is 5.75 Å².